The Morgan fingerprint density at radius 3 is 2.89 bits per heavy atom. The van der Waals surface area contributed by atoms with E-state index in [9.17, 15) is 4.79 Å². The number of aryl methyl sites for hydroxylation is 1. The molecule has 0 unspecified atom stereocenters. The third kappa shape index (κ3) is 6.21. The van der Waals surface area contributed by atoms with Crippen molar-refractivity contribution in [1.29, 1.82) is 0 Å². The van der Waals surface area contributed by atoms with E-state index < -0.39 is 0 Å². The number of aromatic nitrogens is 3. The highest BCUT2D eigenvalue weighted by Gasteiger charge is 2.01. The largest absolute Gasteiger partial charge is 0.484 e. The van der Waals surface area contributed by atoms with Gasteiger partial charge in [0.2, 0.25) is 0 Å². The maximum atomic E-state index is 11.7. The topological polar surface area (TPSA) is 81.4 Å². The van der Waals surface area contributed by atoms with Crippen LogP contribution in [-0.4, -0.2) is 33.7 Å². The van der Waals surface area contributed by atoms with Crippen LogP contribution < -0.4 is 10.2 Å². The lowest BCUT2D eigenvalue weighted by molar-refractivity contribution is -0.123. The van der Waals surface area contributed by atoms with Gasteiger partial charge in [-0.3, -0.25) is 4.79 Å². The Morgan fingerprint density at radius 2 is 2.07 bits per heavy atom. The predicted octanol–water partition coefficient (Wildman–Crippen LogP) is 2.83. The molecular weight excluding hydrogens is 354 g/mol. The summed E-state index contributed by atoms with van der Waals surface area (Å²) < 4.78 is 7.16. The van der Waals surface area contributed by atoms with Gasteiger partial charge in [-0.1, -0.05) is 47.7 Å². The summed E-state index contributed by atoms with van der Waals surface area (Å²) in [6.45, 7) is 2.52. The van der Waals surface area contributed by atoms with Crippen molar-refractivity contribution in [3.05, 3.63) is 83.7 Å². The number of allylic oxidation sites excluding steroid dienone is 1. The van der Waals surface area contributed by atoms with Gasteiger partial charge in [-0.05, 0) is 42.3 Å². The standard InChI is InChI=1S/C21H21N5O2/c1-17-7-5-11-20(13-17)28-16-21(27)24-22-12-6-10-19-15-26(25-23-19)14-18-8-3-2-4-9-18/h2-13,15H,14,16H2,1H3,(H,24,27)/b10-6+,22-12-. The molecule has 0 spiro atoms. The summed E-state index contributed by atoms with van der Waals surface area (Å²) in [6.07, 6.45) is 6.75. The molecule has 0 aliphatic rings. The van der Waals surface area contributed by atoms with E-state index in [1.165, 1.54) is 6.21 Å². The van der Waals surface area contributed by atoms with Crippen molar-refractivity contribution in [2.24, 2.45) is 5.10 Å². The van der Waals surface area contributed by atoms with Crippen LogP contribution in [0, 0.1) is 6.92 Å². The van der Waals surface area contributed by atoms with Crippen molar-refractivity contribution >= 4 is 18.2 Å². The van der Waals surface area contributed by atoms with Gasteiger partial charge in [-0.2, -0.15) is 5.10 Å². The molecule has 2 aromatic carbocycles. The van der Waals surface area contributed by atoms with Crippen LogP contribution in [-0.2, 0) is 11.3 Å². The maximum absolute atomic E-state index is 11.7. The predicted molar refractivity (Wildman–Crippen MR) is 108 cm³/mol. The molecular formula is C21H21N5O2. The average molecular weight is 375 g/mol. The number of amides is 1. The molecule has 0 saturated heterocycles. The van der Waals surface area contributed by atoms with E-state index >= 15 is 0 Å². The van der Waals surface area contributed by atoms with Crippen molar-refractivity contribution in [1.82, 2.24) is 20.4 Å². The van der Waals surface area contributed by atoms with Gasteiger partial charge >= 0.3 is 0 Å². The number of ether oxygens (including phenoxy) is 1. The van der Waals surface area contributed by atoms with Crippen LogP contribution in [0.1, 0.15) is 16.8 Å². The minimum absolute atomic E-state index is 0.0989. The quantitative estimate of drug-likeness (QED) is 0.485. The van der Waals surface area contributed by atoms with Crippen molar-refractivity contribution < 1.29 is 9.53 Å². The molecule has 0 aliphatic heterocycles. The second-order valence-corrected chi connectivity index (χ2v) is 6.10. The first-order valence-electron chi connectivity index (χ1n) is 8.81. The highest BCUT2D eigenvalue weighted by molar-refractivity contribution is 5.81. The fraction of sp³-hybridized carbons (Fsp3) is 0.143. The van der Waals surface area contributed by atoms with E-state index in [0.717, 1.165) is 11.1 Å². The molecule has 0 fully saturated rings. The van der Waals surface area contributed by atoms with E-state index in [2.05, 4.69) is 20.8 Å². The zero-order valence-corrected chi connectivity index (χ0v) is 15.5. The Morgan fingerprint density at radius 1 is 1.21 bits per heavy atom. The maximum Gasteiger partial charge on any atom is 0.277 e. The number of nitrogens with one attached hydrogen (secondary N) is 1. The summed E-state index contributed by atoms with van der Waals surface area (Å²) in [7, 11) is 0. The van der Waals surface area contributed by atoms with Crippen LogP contribution in [0.3, 0.4) is 0 Å². The van der Waals surface area contributed by atoms with Crippen LogP contribution in [0.25, 0.3) is 6.08 Å². The molecule has 7 nitrogen and oxygen atoms in total. The molecule has 0 saturated carbocycles. The summed E-state index contributed by atoms with van der Waals surface area (Å²) in [5.74, 6) is 0.317. The summed E-state index contributed by atoms with van der Waals surface area (Å²) >= 11 is 0. The fourth-order valence-electron chi connectivity index (χ4n) is 2.42. The van der Waals surface area contributed by atoms with Crippen LogP contribution in [0.2, 0.25) is 0 Å². The van der Waals surface area contributed by atoms with E-state index in [0.29, 0.717) is 18.0 Å². The second-order valence-electron chi connectivity index (χ2n) is 6.10. The lowest BCUT2D eigenvalue weighted by Crippen LogP contribution is -2.24. The molecule has 1 aromatic heterocycles. The van der Waals surface area contributed by atoms with Gasteiger partial charge in [0, 0.05) is 6.21 Å². The third-order valence-electron chi connectivity index (χ3n) is 3.72. The van der Waals surface area contributed by atoms with Crippen molar-refractivity contribution in [2.45, 2.75) is 13.5 Å². The van der Waals surface area contributed by atoms with Crippen molar-refractivity contribution in [3.63, 3.8) is 0 Å². The Bertz CT molecular complexity index is 964. The van der Waals surface area contributed by atoms with Gasteiger partial charge in [0.05, 0.1) is 12.7 Å². The van der Waals surface area contributed by atoms with E-state index in [1.807, 2.05) is 61.7 Å². The third-order valence-corrected chi connectivity index (χ3v) is 3.72. The Labute approximate surface area is 163 Å². The molecule has 7 heteroatoms. The van der Waals surface area contributed by atoms with Gasteiger partial charge in [0.25, 0.3) is 5.91 Å². The molecule has 1 amide bonds. The van der Waals surface area contributed by atoms with Crippen LogP contribution in [0.5, 0.6) is 5.75 Å². The Kier molecular flexibility index (Phi) is 6.67. The number of carbonyl (C=O) groups excluding carboxylic acids is 1. The minimum Gasteiger partial charge on any atom is -0.484 e. The molecule has 0 radical (unpaired) electrons. The lowest BCUT2D eigenvalue weighted by atomic mass is 10.2. The monoisotopic (exact) mass is 375 g/mol. The van der Waals surface area contributed by atoms with E-state index in [4.69, 9.17) is 4.74 Å². The number of benzene rings is 2. The summed E-state index contributed by atoms with van der Waals surface area (Å²) in [6, 6.07) is 17.5. The number of hydrogen-bond acceptors (Lipinski definition) is 5. The van der Waals surface area contributed by atoms with Gasteiger partial charge in [-0.25, -0.2) is 10.1 Å². The Balaban J connectivity index is 1.40. The zero-order chi connectivity index (χ0) is 19.6. The first-order valence-corrected chi connectivity index (χ1v) is 8.81. The summed E-state index contributed by atoms with van der Waals surface area (Å²) in [5.41, 5.74) is 5.33. The van der Waals surface area contributed by atoms with Crippen molar-refractivity contribution in [3.8, 4) is 5.75 Å². The highest BCUT2D eigenvalue weighted by Crippen LogP contribution is 2.11. The molecule has 1 N–H and O–H groups in total. The summed E-state index contributed by atoms with van der Waals surface area (Å²) in [5, 5.41) is 12.0. The summed E-state index contributed by atoms with van der Waals surface area (Å²) in [4.78, 5) is 11.7. The number of rotatable bonds is 8. The van der Waals surface area contributed by atoms with Crippen LogP contribution in [0.15, 0.2) is 72.0 Å². The number of hydrogen-bond donors (Lipinski definition) is 1. The molecule has 0 atom stereocenters. The Hall–Kier alpha value is -3.74. The SMILES string of the molecule is Cc1cccc(OCC(=O)N/N=C\C=C\c2cn(Cc3ccccc3)nn2)c1. The van der Waals surface area contributed by atoms with Crippen molar-refractivity contribution in [2.75, 3.05) is 6.61 Å². The highest BCUT2D eigenvalue weighted by atomic mass is 16.5. The number of nitrogens with zero attached hydrogens (tertiary/aromatic N) is 4. The van der Waals surface area contributed by atoms with Gasteiger partial charge < -0.3 is 4.74 Å². The second kappa shape index (κ2) is 9.82. The zero-order valence-electron chi connectivity index (χ0n) is 15.5. The molecule has 142 valence electrons. The fourth-order valence-corrected chi connectivity index (χ4v) is 2.42. The number of carbonyl (C=O) groups is 1. The molecule has 0 bridgehead atoms. The first-order chi connectivity index (χ1) is 13.7. The molecule has 3 rings (SSSR count). The molecule has 28 heavy (non-hydrogen) atoms. The van der Waals surface area contributed by atoms with Gasteiger partial charge in [0.1, 0.15) is 11.4 Å². The van der Waals surface area contributed by atoms with E-state index in [1.54, 1.807) is 22.9 Å². The van der Waals surface area contributed by atoms with E-state index in [-0.39, 0.29) is 12.5 Å². The minimum atomic E-state index is -0.333. The van der Waals surface area contributed by atoms with Crippen LogP contribution >= 0.6 is 0 Å². The normalized spacial score (nSPS) is 11.2. The smallest absolute Gasteiger partial charge is 0.277 e. The molecule has 1 heterocycles. The lowest BCUT2D eigenvalue weighted by Gasteiger charge is -2.05. The number of hydrazone groups is 1. The van der Waals surface area contributed by atoms with Gasteiger partial charge in [-0.15, -0.1) is 5.10 Å². The van der Waals surface area contributed by atoms with Gasteiger partial charge in [0.15, 0.2) is 6.61 Å². The van der Waals surface area contributed by atoms with Crippen LogP contribution in [0.4, 0.5) is 0 Å². The average Bonchev–Trinajstić information content (AvgIpc) is 3.14. The first kappa shape index (κ1) is 19.0. The molecule has 3 aromatic rings. The molecule has 0 aliphatic carbocycles.